The van der Waals surface area contributed by atoms with Crippen LogP contribution < -0.4 is 0 Å². The van der Waals surface area contributed by atoms with Crippen LogP contribution in [0.4, 0.5) is 0 Å². The summed E-state index contributed by atoms with van der Waals surface area (Å²) in [4.78, 5) is 4.93. The molecule has 0 fully saturated rings. The van der Waals surface area contributed by atoms with E-state index in [2.05, 4.69) is 82.4 Å². The summed E-state index contributed by atoms with van der Waals surface area (Å²) in [7, 11) is 0. The van der Waals surface area contributed by atoms with Crippen molar-refractivity contribution in [3.63, 3.8) is 0 Å². The second-order valence-corrected chi connectivity index (χ2v) is 6.13. The van der Waals surface area contributed by atoms with Crippen LogP contribution in [0.15, 0.2) is 60.7 Å². The van der Waals surface area contributed by atoms with E-state index < -0.39 is 0 Å². The lowest BCUT2D eigenvalue weighted by atomic mass is 10.0. The molecule has 2 heteroatoms. The number of alkyl halides is 1. The maximum absolute atomic E-state index is 4.60. The average Bonchev–Trinajstić information content (AvgIpc) is 2.48. The molecule has 0 amide bonds. The summed E-state index contributed by atoms with van der Waals surface area (Å²) in [6.07, 6.45) is 0.966. The number of nitrogens with zero attached hydrogens (tertiary/aromatic N) is 1. The Morgan fingerprint density at radius 2 is 1.70 bits per heavy atom. The number of hydrogen-bond donors (Lipinski definition) is 0. The van der Waals surface area contributed by atoms with E-state index >= 15 is 0 Å². The van der Waals surface area contributed by atoms with Gasteiger partial charge in [-0.2, -0.15) is 0 Å². The van der Waals surface area contributed by atoms with Gasteiger partial charge in [-0.1, -0.05) is 64.5 Å². The largest absolute Gasteiger partial charge is 0.253 e. The molecule has 0 radical (unpaired) electrons. The molecule has 3 aromatic rings. The lowest BCUT2D eigenvalue weighted by molar-refractivity contribution is 0.952. The van der Waals surface area contributed by atoms with Gasteiger partial charge in [0.25, 0.3) is 0 Å². The third-order valence-electron chi connectivity index (χ3n) is 3.49. The normalized spacial score (nSPS) is 12.5. The highest BCUT2D eigenvalue weighted by atomic mass is 79.9. The van der Waals surface area contributed by atoms with Gasteiger partial charge in [0.1, 0.15) is 0 Å². The molecule has 0 N–H and O–H groups in total. The first-order valence-corrected chi connectivity index (χ1v) is 7.70. The predicted octanol–water partition coefficient (Wildman–Crippen LogP) is 5.22. The Morgan fingerprint density at radius 3 is 2.50 bits per heavy atom. The van der Waals surface area contributed by atoms with Crippen molar-refractivity contribution >= 4 is 26.8 Å². The fourth-order valence-electron chi connectivity index (χ4n) is 2.54. The van der Waals surface area contributed by atoms with E-state index in [1.807, 2.05) is 6.07 Å². The fraction of sp³-hybridized carbons (Fsp3) is 0.167. The molecule has 0 spiro atoms. The first-order valence-electron chi connectivity index (χ1n) is 6.78. The Labute approximate surface area is 127 Å². The van der Waals surface area contributed by atoms with Gasteiger partial charge in [0, 0.05) is 15.9 Å². The molecule has 0 saturated carbocycles. The van der Waals surface area contributed by atoms with Crippen molar-refractivity contribution in [2.75, 3.05) is 0 Å². The van der Waals surface area contributed by atoms with E-state index in [4.69, 9.17) is 0 Å². The van der Waals surface area contributed by atoms with Crippen molar-refractivity contribution in [2.45, 2.75) is 18.2 Å². The molecule has 0 aliphatic carbocycles. The minimum absolute atomic E-state index is 0.328. The fourth-order valence-corrected chi connectivity index (χ4v) is 3.19. The highest BCUT2D eigenvalue weighted by Gasteiger charge is 2.11. The van der Waals surface area contributed by atoms with Crippen molar-refractivity contribution in [1.82, 2.24) is 4.98 Å². The van der Waals surface area contributed by atoms with Gasteiger partial charge >= 0.3 is 0 Å². The number of benzene rings is 2. The lowest BCUT2D eigenvalue weighted by Gasteiger charge is -2.13. The Hall–Kier alpha value is -1.67. The SMILES string of the molecule is Cc1cc(CC(Br)c2ccccc2)c2ccccc2n1. The molecule has 0 aliphatic heterocycles. The Morgan fingerprint density at radius 1 is 1.00 bits per heavy atom. The minimum atomic E-state index is 0.328. The molecule has 100 valence electrons. The molecule has 0 aliphatic rings. The Kier molecular flexibility index (Phi) is 3.83. The van der Waals surface area contributed by atoms with Crippen LogP contribution in [0, 0.1) is 6.92 Å². The van der Waals surface area contributed by atoms with Crippen LogP contribution in [0.2, 0.25) is 0 Å². The minimum Gasteiger partial charge on any atom is -0.253 e. The van der Waals surface area contributed by atoms with E-state index in [0.717, 1.165) is 17.6 Å². The van der Waals surface area contributed by atoms with Crippen molar-refractivity contribution in [1.29, 1.82) is 0 Å². The van der Waals surface area contributed by atoms with Gasteiger partial charge in [-0.3, -0.25) is 4.98 Å². The maximum Gasteiger partial charge on any atom is 0.0707 e. The zero-order valence-electron chi connectivity index (χ0n) is 11.4. The number of halogens is 1. The number of pyridine rings is 1. The molecule has 20 heavy (non-hydrogen) atoms. The van der Waals surface area contributed by atoms with Gasteiger partial charge in [0.15, 0.2) is 0 Å². The molecule has 0 saturated heterocycles. The molecule has 1 nitrogen and oxygen atoms in total. The summed E-state index contributed by atoms with van der Waals surface area (Å²) in [5.74, 6) is 0. The van der Waals surface area contributed by atoms with E-state index in [1.165, 1.54) is 16.5 Å². The van der Waals surface area contributed by atoms with E-state index in [9.17, 15) is 0 Å². The number of rotatable bonds is 3. The number of hydrogen-bond acceptors (Lipinski definition) is 1. The van der Waals surface area contributed by atoms with E-state index in [1.54, 1.807) is 0 Å². The third-order valence-corrected chi connectivity index (χ3v) is 4.34. The van der Waals surface area contributed by atoms with Crippen LogP contribution >= 0.6 is 15.9 Å². The summed E-state index contributed by atoms with van der Waals surface area (Å²) in [5.41, 5.74) is 4.81. The van der Waals surface area contributed by atoms with Gasteiger partial charge in [0.2, 0.25) is 0 Å². The summed E-state index contributed by atoms with van der Waals surface area (Å²) in [5, 5.41) is 1.25. The molecule has 1 atom stereocenters. The first kappa shape index (κ1) is 13.3. The molecular formula is C18H16BrN. The molecule has 1 heterocycles. The van der Waals surface area contributed by atoms with E-state index in [0.29, 0.717) is 4.83 Å². The van der Waals surface area contributed by atoms with Crippen molar-refractivity contribution < 1.29 is 0 Å². The van der Waals surface area contributed by atoms with Crippen molar-refractivity contribution in [3.8, 4) is 0 Å². The first-order chi connectivity index (χ1) is 9.74. The summed E-state index contributed by atoms with van der Waals surface area (Å²) in [6, 6.07) is 21.1. The highest BCUT2D eigenvalue weighted by Crippen LogP contribution is 2.30. The van der Waals surface area contributed by atoms with Gasteiger partial charge < -0.3 is 0 Å². The molecular weight excluding hydrogens is 310 g/mol. The number of fused-ring (bicyclic) bond motifs is 1. The molecule has 1 aromatic heterocycles. The molecule has 3 rings (SSSR count). The predicted molar refractivity (Wildman–Crippen MR) is 88.3 cm³/mol. The Balaban J connectivity index is 1.98. The number of aryl methyl sites for hydroxylation is 1. The van der Waals surface area contributed by atoms with Crippen LogP contribution in [0.1, 0.15) is 21.6 Å². The van der Waals surface area contributed by atoms with Crippen LogP contribution in [0.3, 0.4) is 0 Å². The van der Waals surface area contributed by atoms with Crippen LogP contribution in [0.5, 0.6) is 0 Å². The van der Waals surface area contributed by atoms with Gasteiger partial charge in [-0.25, -0.2) is 0 Å². The zero-order chi connectivity index (χ0) is 13.9. The molecule has 0 bridgehead atoms. The van der Waals surface area contributed by atoms with Gasteiger partial charge in [-0.05, 0) is 36.6 Å². The van der Waals surface area contributed by atoms with Gasteiger partial charge in [0.05, 0.1) is 5.52 Å². The lowest BCUT2D eigenvalue weighted by Crippen LogP contribution is -1.98. The summed E-state index contributed by atoms with van der Waals surface area (Å²) < 4.78 is 0. The van der Waals surface area contributed by atoms with Crippen LogP contribution in [0.25, 0.3) is 10.9 Å². The zero-order valence-corrected chi connectivity index (χ0v) is 13.0. The van der Waals surface area contributed by atoms with Crippen LogP contribution in [-0.4, -0.2) is 4.98 Å². The second kappa shape index (κ2) is 5.76. The quantitative estimate of drug-likeness (QED) is 0.601. The maximum atomic E-state index is 4.60. The summed E-state index contributed by atoms with van der Waals surface area (Å²) in [6.45, 7) is 2.06. The van der Waals surface area contributed by atoms with E-state index in [-0.39, 0.29) is 0 Å². The monoisotopic (exact) mass is 325 g/mol. The Bertz CT molecular complexity index is 722. The topological polar surface area (TPSA) is 12.9 Å². The highest BCUT2D eigenvalue weighted by molar-refractivity contribution is 9.09. The number of para-hydroxylation sites is 1. The second-order valence-electron chi connectivity index (χ2n) is 5.02. The molecule has 2 aromatic carbocycles. The van der Waals surface area contributed by atoms with Gasteiger partial charge in [-0.15, -0.1) is 0 Å². The van der Waals surface area contributed by atoms with Crippen LogP contribution in [-0.2, 0) is 6.42 Å². The molecule has 1 unspecified atom stereocenters. The summed E-state index contributed by atoms with van der Waals surface area (Å²) >= 11 is 3.81. The average molecular weight is 326 g/mol. The standard InChI is InChI=1S/C18H16BrN/c1-13-11-15(16-9-5-6-10-18(16)20-13)12-17(19)14-7-3-2-4-8-14/h2-11,17H,12H2,1H3. The third kappa shape index (κ3) is 2.75. The van der Waals surface area contributed by atoms with Crippen molar-refractivity contribution in [3.05, 3.63) is 77.5 Å². The van der Waals surface area contributed by atoms with Crippen molar-refractivity contribution in [2.24, 2.45) is 0 Å². The number of aromatic nitrogens is 1. The smallest absolute Gasteiger partial charge is 0.0707 e.